The molecule has 1 saturated carbocycles. The number of hydrogen-bond acceptors (Lipinski definition) is 3. The Morgan fingerprint density at radius 2 is 1.81 bits per heavy atom. The highest BCUT2D eigenvalue weighted by molar-refractivity contribution is 7.99. The van der Waals surface area contributed by atoms with Gasteiger partial charge in [0, 0.05) is 17.8 Å². The van der Waals surface area contributed by atoms with Crippen molar-refractivity contribution >= 4 is 11.8 Å². The van der Waals surface area contributed by atoms with Crippen molar-refractivity contribution < 1.29 is 5.11 Å². The molecule has 1 aliphatic heterocycles. The molecule has 0 amide bonds. The minimum Gasteiger partial charge on any atom is -0.393 e. The van der Waals surface area contributed by atoms with E-state index in [-0.39, 0.29) is 6.10 Å². The standard InChI is InChI=1S/C13H25NOS/c1-13(2)7-11(8-16-9-13)14-10-3-5-12(15)6-4-10/h10-12,14-15H,3-9H2,1-2H3. The molecule has 1 aliphatic carbocycles. The van der Waals surface area contributed by atoms with Gasteiger partial charge in [-0.1, -0.05) is 13.8 Å². The van der Waals surface area contributed by atoms with Crippen LogP contribution in [0, 0.1) is 5.41 Å². The Morgan fingerprint density at radius 1 is 1.12 bits per heavy atom. The summed E-state index contributed by atoms with van der Waals surface area (Å²) in [5, 5.41) is 13.3. The molecular formula is C13H25NOS. The third-order valence-electron chi connectivity index (χ3n) is 3.78. The van der Waals surface area contributed by atoms with E-state index in [4.69, 9.17) is 0 Å². The summed E-state index contributed by atoms with van der Waals surface area (Å²) in [6, 6.07) is 1.34. The summed E-state index contributed by atoms with van der Waals surface area (Å²) < 4.78 is 0. The molecule has 0 aromatic carbocycles. The highest BCUT2D eigenvalue weighted by atomic mass is 32.2. The molecule has 2 fully saturated rings. The Kier molecular flexibility index (Phi) is 4.20. The van der Waals surface area contributed by atoms with Crippen LogP contribution in [0.3, 0.4) is 0 Å². The Bertz CT molecular complexity index is 224. The third-order valence-corrected chi connectivity index (χ3v) is 5.40. The number of rotatable bonds is 2. The van der Waals surface area contributed by atoms with Gasteiger partial charge in [-0.15, -0.1) is 0 Å². The lowest BCUT2D eigenvalue weighted by Crippen LogP contribution is -2.46. The summed E-state index contributed by atoms with van der Waals surface area (Å²) in [5.41, 5.74) is 0.495. The SMILES string of the molecule is CC1(C)CSCC(NC2CCC(O)CC2)C1. The van der Waals surface area contributed by atoms with Crippen LogP contribution in [0.5, 0.6) is 0 Å². The van der Waals surface area contributed by atoms with Gasteiger partial charge < -0.3 is 10.4 Å². The number of aliphatic hydroxyl groups excluding tert-OH is 1. The van der Waals surface area contributed by atoms with Crippen LogP contribution in [0.25, 0.3) is 0 Å². The van der Waals surface area contributed by atoms with Crippen LogP contribution in [-0.2, 0) is 0 Å². The molecular weight excluding hydrogens is 218 g/mol. The number of nitrogens with one attached hydrogen (secondary N) is 1. The van der Waals surface area contributed by atoms with Crippen LogP contribution < -0.4 is 5.32 Å². The van der Waals surface area contributed by atoms with Crippen LogP contribution >= 0.6 is 11.8 Å². The molecule has 3 heteroatoms. The lowest BCUT2D eigenvalue weighted by atomic mass is 9.86. The van der Waals surface area contributed by atoms with Crippen LogP contribution in [0.15, 0.2) is 0 Å². The van der Waals surface area contributed by atoms with E-state index in [1.54, 1.807) is 0 Å². The van der Waals surface area contributed by atoms with Crippen molar-refractivity contribution in [3.63, 3.8) is 0 Å². The van der Waals surface area contributed by atoms with Crippen LogP contribution in [-0.4, -0.2) is 34.8 Å². The Labute approximate surface area is 104 Å². The molecule has 2 rings (SSSR count). The first-order valence-electron chi connectivity index (χ1n) is 6.57. The van der Waals surface area contributed by atoms with Gasteiger partial charge in [0.25, 0.3) is 0 Å². The van der Waals surface area contributed by atoms with Crippen molar-refractivity contribution in [3.05, 3.63) is 0 Å². The zero-order chi connectivity index (χ0) is 11.6. The van der Waals surface area contributed by atoms with E-state index in [0.717, 1.165) is 25.7 Å². The van der Waals surface area contributed by atoms with E-state index >= 15 is 0 Å². The molecule has 1 atom stereocenters. The van der Waals surface area contributed by atoms with Gasteiger partial charge in [0.15, 0.2) is 0 Å². The molecule has 2 N–H and O–H groups in total. The number of hydrogen-bond donors (Lipinski definition) is 2. The van der Waals surface area contributed by atoms with Gasteiger partial charge in [0.1, 0.15) is 0 Å². The minimum atomic E-state index is -0.0322. The second-order valence-electron chi connectivity index (χ2n) is 6.25. The van der Waals surface area contributed by atoms with Crippen molar-refractivity contribution in [2.75, 3.05) is 11.5 Å². The van der Waals surface area contributed by atoms with Crippen molar-refractivity contribution in [2.45, 2.75) is 64.1 Å². The van der Waals surface area contributed by atoms with Gasteiger partial charge in [-0.2, -0.15) is 11.8 Å². The summed E-state index contributed by atoms with van der Waals surface area (Å²) in [6.45, 7) is 4.75. The van der Waals surface area contributed by atoms with Crippen molar-refractivity contribution in [1.82, 2.24) is 5.32 Å². The summed E-state index contributed by atoms with van der Waals surface area (Å²) in [7, 11) is 0. The molecule has 1 unspecified atom stereocenters. The van der Waals surface area contributed by atoms with E-state index in [2.05, 4.69) is 30.9 Å². The Morgan fingerprint density at radius 3 is 2.44 bits per heavy atom. The lowest BCUT2D eigenvalue weighted by molar-refractivity contribution is 0.113. The fraction of sp³-hybridized carbons (Fsp3) is 1.00. The van der Waals surface area contributed by atoms with E-state index in [1.165, 1.54) is 17.9 Å². The molecule has 2 aliphatic rings. The smallest absolute Gasteiger partial charge is 0.0541 e. The third kappa shape index (κ3) is 3.64. The van der Waals surface area contributed by atoms with Gasteiger partial charge >= 0.3 is 0 Å². The fourth-order valence-electron chi connectivity index (χ4n) is 2.95. The van der Waals surface area contributed by atoms with Gasteiger partial charge in [-0.25, -0.2) is 0 Å². The average Bonchev–Trinajstić information content (AvgIpc) is 2.20. The van der Waals surface area contributed by atoms with E-state index in [9.17, 15) is 5.11 Å². The van der Waals surface area contributed by atoms with Crippen molar-refractivity contribution in [1.29, 1.82) is 0 Å². The quantitative estimate of drug-likeness (QED) is 0.781. The van der Waals surface area contributed by atoms with Gasteiger partial charge in [0.05, 0.1) is 6.10 Å². The maximum absolute atomic E-state index is 9.48. The summed E-state index contributed by atoms with van der Waals surface area (Å²) in [5.74, 6) is 2.57. The zero-order valence-corrected chi connectivity index (χ0v) is 11.4. The monoisotopic (exact) mass is 243 g/mol. The number of thioether (sulfide) groups is 1. The maximum Gasteiger partial charge on any atom is 0.0541 e. The molecule has 1 heterocycles. The van der Waals surface area contributed by atoms with E-state index in [0.29, 0.717) is 17.5 Å². The Hall–Kier alpha value is 0.270. The lowest BCUT2D eigenvalue weighted by Gasteiger charge is -2.38. The highest BCUT2D eigenvalue weighted by Crippen LogP contribution is 2.34. The predicted octanol–water partition coefficient (Wildman–Crippen LogP) is 2.41. The van der Waals surface area contributed by atoms with Crippen LogP contribution in [0.1, 0.15) is 46.0 Å². The summed E-state index contributed by atoms with van der Waals surface area (Å²) >= 11 is 2.09. The summed E-state index contributed by atoms with van der Waals surface area (Å²) in [4.78, 5) is 0. The molecule has 0 spiro atoms. The molecule has 0 aromatic rings. The first kappa shape index (κ1) is 12.7. The van der Waals surface area contributed by atoms with Crippen LogP contribution in [0.2, 0.25) is 0 Å². The van der Waals surface area contributed by atoms with Gasteiger partial charge in [-0.3, -0.25) is 0 Å². The van der Waals surface area contributed by atoms with E-state index < -0.39 is 0 Å². The topological polar surface area (TPSA) is 32.3 Å². The fourth-order valence-corrected chi connectivity index (χ4v) is 4.23. The molecule has 2 nitrogen and oxygen atoms in total. The molecule has 0 bridgehead atoms. The molecule has 94 valence electrons. The maximum atomic E-state index is 9.48. The van der Waals surface area contributed by atoms with Gasteiger partial charge in [-0.05, 0) is 43.3 Å². The largest absolute Gasteiger partial charge is 0.393 e. The second-order valence-corrected chi connectivity index (χ2v) is 7.28. The first-order chi connectivity index (χ1) is 7.55. The second kappa shape index (κ2) is 5.28. The van der Waals surface area contributed by atoms with Gasteiger partial charge in [0.2, 0.25) is 0 Å². The molecule has 0 aromatic heterocycles. The molecule has 1 saturated heterocycles. The van der Waals surface area contributed by atoms with Crippen molar-refractivity contribution in [3.8, 4) is 0 Å². The first-order valence-corrected chi connectivity index (χ1v) is 7.72. The summed E-state index contributed by atoms with van der Waals surface area (Å²) in [6.07, 6.45) is 5.56. The molecule has 0 radical (unpaired) electrons. The normalized spacial score (nSPS) is 39.6. The van der Waals surface area contributed by atoms with Crippen molar-refractivity contribution in [2.24, 2.45) is 5.41 Å². The molecule has 16 heavy (non-hydrogen) atoms. The highest BCUT2D eigenvalue weighted by Gasteiger charge is 2.30. The zero-order valence-electron chi connectivity index (χ0n) is 10.5. The average molecular weight is 243 g/mol. The predicted molar refractivity (Wildman–Crippen MR) is 70.9 cm³/mol. The number of aliphatic hydroxyl groups is 1. The van der Waals surface area contributed by atoms with E-state index in [1.807, 2.05) is 0 Å². The minimum absolute atomic E-state index is 0.0322. The Balaban J connectivity index is 1.76. The van der Waals surface area contributed by atoms with Crippen LogP contribution in [0.4, 0.5) is 0 Å².